The first kappa shape index (κ1) is 8.80. The van der Waals surface area contributed by atoms with Gasteiger partial charge in [0.15, 0.2) is 0 Å². The highest BCUT2D eigenvalue weighted by Gasteiger charge is 2.12. The molecule has 0 fully saturated rings. The first-order valence-corrected chi connectivity index (χ1v) is 5.45. The fourth-order valence-electron chi connectivity index (χ4n) is 1.07. The molecule has 0 bridgehead atoms. The topological polar surface area (TPSA) is 51.8 Å². The van der Waals surface area contributed by atoms with Crippen molar-refractivity contribution in [2.45, 2.75) is 13.0 Å². The summed E-state index contributed by atoms with van der Waals surface area (Å²) in [6.07, 6.45) is 1.73. The standard InChI is InChI=1S/C8H9N3S2/c1-5-2-3-6(12-5)8(9)7-4-10-11-13-7/h2-4,8H,9H2,1H3. The molecule has 0 aliphatic rings. The van der Waals surface area contributed by atoms with E-state index in [1.165, 1.54) is 21.3 Å². The first-order chi connectivity index (χ1) is 6.27. The lowest BCUT2D eigenvalue weighted by Crippen LogP contribution is -2.07. The van der Waals surface area contributed by atoms with E-state index in [-0.39, 0.29) is 6.04 Å². The number of hydrogen-bond acceptors (Lipinski definition) is 5. The van der Waals surface area contributed by atoms with Crippen molar-refractivity contribution in [3.05, 3.63) is 33.0 Å². The molecule has 0 saturated carbocycles. The smallest absolute Gasteiger partial charge is 0.0772 e. The predicted molar refractivity (Wildman–Crippen MR) is 55.0 cm³/mol. The second-order valence-corrected chi connectivity index (χ2v) is 4.88. The summed E-state index contributed by atoms with van der Waals surface area (Å²) in [5, 5.41) is 3.77. The van der Waals surface area contributed by atoms with Crippen LogP contribution in [0.25, 0.3) is 0 Å². The molecule has 0 radical (unpaired) electrons. The fraction of sp³-hybridized carbons (Fsp3) is 0.250. The Bertz CT molecular complexity index is 380. The van der Waals surface area contributed by atoms with E-state index in [0.717, 1.165) is 4.88 Å². The quantitative estimate of drug-likeness (QED) is 0.826. The maximum absolute atomic E-state index is 6.01. The molecule has 0 amide bonds. The molecule has 0 aromatic carbocycles. The van der Waals surface area contributed by atoms with Crippen molar-refractivity contribution in [2.24, 2.45) is 5.73 Å². The van der Waals surface area contributed by atoms with Crippen molar-refractivity contribution in [3.63, 3.8) is 0 Å². The minimum Gasteiger partial charge on any atom is -0.319 e. The molecule has 2 heterocycles. The van der Waals surface area contributed by atoms with Crippen LogP contribution in [0.1, 0.15) is 20.7 Å². The van der Waals surface area contributed by atoms with Crippen LogP contribution >= 0.6 is 22.9 Å². The summed E-state index contributed by atoms with van der Waals surface area (Å²) in [6, 6.07) is 4.08. The Morgan fingerprint density at radius 1 is 1.38 bits per heavy atom. The molecule has 13 heavy (non-hydrogen) atoms. The minimum absolute atomic E-state index is 0.0568. The second-order valence-electron chi connectivity index (χ2n) is 2.75. The number of nitrogens with two attached hydrogens (primary N) is 1. The lowest BCUT2D eigenvalue weighted by atomic mass is 10.2. The highest BCUT2D eigenvalue weighted by molar-refractivity contribution is 7.12. The fourth-order valence-corrected chi connectivity index (χ4v) is 2.57. The molecule has 0 saturated heterocycles. The normalized spacial score (nSPS) is 13.1. The zero-order valence-electron chi connectivity index (χ0n) is 7.10. The van der Waals surface area contributed by atoms with Crippen LogP contribution in [0, 0.1) is 6.92 Å². The van der Waals surface area contributed by atoms with Gasteiger partial charge < -0.3 is 5.73 Å². The van der Waals surface area contributed by atoms with Crippen LogP contribution in [-0.4, -0.2) is 9.59 Å². The van der Waals surface area contributed by atoms with Gasteiger partial charge in [-0.1, -0.05) is 4.49 Å². The van der Waals surface area contributed by atoms with E-state index < -0.39 is 0 Å². The Hall–Kier alpha value is -0.780. The van der Waals surface area contributed by atoms with E-state index in [0.29, 0.717) is 0 Å². The average molecular weight is 211 g/mol. The Morgan fingerprint density at radius 3 is 2.77 bits per heavy atom. The number of rotatable bonds is 2. The van der Waals surface area contributed by atoms with E-state index in [1.54, 1.807) is 17.5 Å². The number of nitrogens with zero attached hydrogens (tertiary/aromatic N) is 2. The molecule has 2 aromatic heterocycles. The van der Waals surface area contributed by atoms with Crippen LogP contribution in [-0.2, 0) is 0 Å². The van der Waals surface area contributed by atoms with E-state index >= 15 is 0 Å². The predicted octanol–water partition coefficient (Wildman–Crippen LogP) is 1.96. The largest absolute Gasteiger partial charge is 0.319 e. The average Bonchev–Trinajstić information content (AvgIpc) is 2.72. The van der Waals surface area contributed by atoms with Crippen LogP contribution in [0.5, 0.6) is 0 Å². The van der Waals surface area contributed by atoms with Crippen LogP contribution in [0.4, 0.5) is 0 Å². The summed E-state index contributed by atoms with van der Waals surface area (Å²) in [4.78, 5) is 3.47. The molecule has 0 aliphatic carbocycles. The van der Waals surface area contributed by atoms with Crippen LogP contribution in [0.2, 0.25) is 0 Å². The third-order valence-electron chi connectivity index (χ3n) is 1.75. The molecular formula is C8H9N3S2. The van der Waals surface area contributed by atoms with Crippen molar-refractivity contribution in [3.8, 4) is 0 Å². The summed E-state index contributed by atoms with van der Waals surface area (Å²) in [5.41, 5.74) is 6.01. The van der Waals surface area contributed by atoms with Gasteiger partial charge in [-0.2, -0.15) is 0 Å². The van der Waals surface area contributed by atoms with Gasteiger partial charge in [0.2, 0.25) is 0 Å². The summed E-state index contributed by atoms with van der Waals surface area (Å²) in [5.74, 6) is 0. The first-order valence-electron chi connectivity index (χ1n) is 3.86. The third kappa shape index (κ3) is 1.77. The second kappa shape index (κ2) is 3.53. The molecule has 2 rings (SSSR count). The van der Waals surface area contributed by atoms with E-state index in [2.05, 4.69) is 28.6 Å². The van der Waals surface area contributed by atoms with Gasteiger partial charge in [0.1, 0.15) is 0 Å². The van der Waals surface area contributed by atoms with Crippen LogP contribution < -0.4 is 5.73 Å². The highest BCUT2D eigenvalue weighted by Crippen LogP contribution is 2.27. The summed E-state index contributed by atoms with van der Waals surface area (Å²) in [6.45, 7) is 2.08. The zero-order chi connectivity index (χ0) is 9.26. The van der Waals surface area contributed by atoms with Gasteiger partial charge in [-0.3, -0.25) is 0 Å². The molecule has 0 aliphatic heterocycles. The Labute approximate surface area is 84.4 Å². The van der Waals surface area contributed by atoms with Gasteiger partial charge in [-0.25, -0.2) is 0 Å². The summed E-state index contributed by atoms with van der Waals surface area (Å²) < 4.78 is 3.79. The summed E-state index contributed by atoms with van der Waals surface area (Å²) in [7, 11) is 0. The van der Waals surface area contributed by atoms with Gasteiger partial charge in [0.25, 0.3) is 0 Å². The van der Waals surface area contributed by atoms with E-state index in [1.807, 2.05) is 0 Å². The van der Waals surface area contributed by atoms with Crippen molar-refractivity contribution in [1.29, 1.82) is 0 Å². The number of aromatic nitrogens is 2. The van der Waals surface area contributed by atoms with Crippen molar-refractivity contribution < 1.29 is 0 Å². The molecule has 68 valence electrons. The molecule has 3 nitrogen and oxygen atoms in total. The maximum atomic E-state index is 6.01. The zero-order valence-corrected chi connectivity index (χ0v) is 8.73. The minimum atomic E-state index is -0.0568. The van der Waals surface area contributed by atoms with Gasteiger partial charge in [0.05, 0.1) is 17.1 Å². The molecular weight excluding hydrogens is 202 g/mol. The van der Waals surface area contributed by atoms with E-state index in [9.17, 15) is 0 Å². The van der Waals surface area contributed by atoms with Crippen LogP contribution in [0.3, 0.4) is 0 Å². The monoisotopic (exact) mass is 211 g/mol. The van der Waals surface area contributed by atoms with Gasteiger partial charge in [-0.15, -0.1) is 16.4 Å². The van der Waals surface area contributed by atoms with Gasteiger partial charge in [-0.05, 0) is 30.6 Å². The molecule has 1 unspecified atom stereocenters. The number of aryl methyl sites for hydroxylation is 1. The number of hydrogen-bond donors (Lipinski definition) is 1. The van der Waals surface area contributed by atoms with Gasteiger partial charge in [0, 0.05) is 9.75 Å². The lowest BCUT2D eigenvalue weighted by Gasteiger charge is -2.03. The Morgan fingerprint density at radius 2 is 2.23 bits per heavy atom. The highest BCUT2D eigenvalue weighted by atomic mass is 32.1. The Kier molecular flexibility index (Phi) is 2.39. The number of thiophene rings is 1. The van der Waals surface area contributed by atoms with E-state index in [4.69, 9.17) is 5.73 Å². The van der Waals surface area contributed by atoms with Gasteiger partial charge >= 0.3 is 0 Å². The summed E-state index contributed by atoms with van der Waals surface area (Å²) >= 11 is 3.08. The Balaban J connectivity index is 2.28. The third-order valence-corrected chi connectivity index (χ3v) is 3.58. The van der Waals surface area contributed by atoms with Crippen LogP contribution in [0.15, 0.2) is 18.3 Å². The SMILES string of the molecule is Cc1ccc(C(N)c2cnns2)s1. The molecule has 2 N–H and O–H groups in total. The van der Waals surface area contributed by atoms with Crippen molar-refractivity contribution >= 4 is 22.9 Å². The van der Waals surface area contributed by atoms with Crippen molar-refractivity contribution in [1.82, 2.24) is 9.59 Å². The molecule has 1 atom stereocenters. The molecule has 0 spiro atoms. The maximum Gasteiger partial charge on any atom is 0.0772 e. The molecule has 5 heteroatoms. The lowest BCUT2D eigenvalue weighted by molar-refractivity contribution is 0.911. The molecule has 2 aromatic rings. The van der Waals surface area contributed by atoms with Crippen molar-refractivity contribution in [2.75, 3.05) is 0 Å².